The Morgan fingerprint density at radius 1 is 1.17 bits per heavy atom. The van der Waals surface area contributed by atoms with E-state index in [0.29, 0.717) is 0 Å². The third kappa shape index (κ3) is 6.09. The smallest absolute Gasteiger partial charge is 0.240 e. The summed E-state index contributed by atoms with van der Waals surface area (Å²) in [4.78, 5) is 27.3. The lowest BCUT2D eigenvalue weighted by Crippen LogP contribution is -2.20. The highest BCUT2D eigenvalue weighted by Gasteiger charge is 2.06. The zero-order valence-electron chi connectivity index (χ0n) is 12.8. The highest BCUT2D eigenvalue weighted by atomic mass is 16.2. The Balaban J connectivity index is 1.71. The first-order valence-corrected chi connectivity index (χ1v) is 7.22. The number of nitrogens with one attached hydrogen (secondary N) is 2. The average molecular weight is 310 g/mol. The normalized spacial score (nSPS) is 10.5. The molecule has 0 atom stereocenters. The van der Waals surface area contributed by atoms with E-state index in [-0.39, 0.29) is 24.7 Å². The minimum absolute atomic E-state index is 0.0715. The molecule has 0 spiro atoms. The fourth-order valence-corrected chi connectivity index (χ4v) is 1.86. The van der Waals surface area contributed by atoms with E-state index in [4.69, 9.17) is 0 Å². The lowest BCUT2D eigenvalue weighted by atomic mass is 10.2. The molecule has 0 saturated carbocycles. The van der Waals surface area contributed by atoms with Gasteiger partial charge in [0.25, 0.3) is 0 Å². The quantitative estimate of drug-likeness (QED) is 0.634. The lowest BCUT2D eigenvalue weighted by Gasteiger charge is -2.05. The first kappa shape index (κ1) is 16.4. The SMILES string of the molecule is Cc1cccc(NC(=O)CCC(=O)N/N=C\c2cccnc2)c1. The second kappa shape index (κ2) is 8.43. The first-order chi connectivity index (χ1) is 11.1. The van der Waals surface area contributed by atoms with Gasteiger partial charge in [-0.15, -0.1) is 0 Å². The van der Waals surface area contributed by atoms with Crippen molar-refractivity contribution in [3.05, 3.63) is 59.9 Å². The van der Waals surface area contributed by atoms with E-state index in [1.54, 1.807) is 18.5 Å². The fraction of sp³-hybridized carbons (Fsp3) is 0.176. The zero-order chi connectivity index (χ0) is 16.5. The van der Waals surface area contributed by atoms with Gasteiger partial charge in [0, 0.05) is 36.5 Å². The molecule has 23 heavy (non-hydrogen) atoms. The van der Waals surface area contributed by atoms with E-state index in [1.165, 1.54) is 6.21 Å². The molecular weight excluding hydrogens is 292 g/mol. The highest BCUT2D eigenvalue weighted by Crippen LogP contribution is 2.10. The van der Waals surface area contributed by atoms with Crippen molar-refractivity contribution in [1.29, 1.82) is 0 Å². The molecule has 0 radical (unpaired) electrons. The van der Waals surface area contributed by atoms with Crippen LogP contribution in [0.2, 0.25) is 0 Å². The van der Waals surface area contributed by atoms with Crippen molar-refractivity contribution in [3.63, 3.8) is 0 Å². The molecule has 0 unspecified atom stereocenters. The molecule has 0 aliphatic rings. The number of carbonyl (C=O) groups is 2. The summed E-state index contributed by atoms with van der Waals surface area (Å²) in [6.07, 6.45) is 4.95. The standard InChI is InChI=1S/C17H18N4O2/c1-13-4-2-6-15(10-13)20-16(22)7-8-17(23)21-19-12-14-5-3-9-18-11-14/h2-6,9-12H,7-8H2,1H3,(H,20,22)(H,21,23)/b19-12-. The van der Waals surface area contributed by atoms with E-state index >= 15 is 0 Å². The minimum Gasteiger partial charge on any atom is -0.326 e. The Kier molecular flexibility index (Phi) is 5.99. The Morgan fingerprint density at radius 2 is 2.00 bits per heavy atom. The summed E-state index contributed by atoms with van der Waals surface area (Å²) >= 11 is 0. The van der Waals surface area contributed by atoms with Crippen LogP contribution in [0.5, 0.6) is 0 Å². The van der Waals surface area contributed by atoms with E-state index in [1.807, 2.05) is 37.3 Å². The van der Waals surface area contributed by atoms with E-state index in [9.17, 15) is 9.59 Å². The van der Waals surface area contributed by atoms with Crippen molar-refractivity contribution in [2.24, 2.45) is 5.10 Å². The predicted octanol–water partition coefficient (Wildman–Crippen LogP) is 2.26. The van der Waals surface area contributed by atoms with E-state index < -0.39 is 0 Å². The summed E-state index contributed by atoms with van der Waals surface area (Å²) in [6, 6.07) is 11.1. The molecule has 118 valence electrons. The number of nitrogens with zero attached hydrogens (tertiary/aromatic N) is 2. The topological polar surface area (TPSA) is 83.5 Å². The van der Waals surface area contributed by atoms with Crippen LogP contribution in [0.3, 0.4) is 0 Å². The molecule has 0 fully saturated rings. The van der Waals surface area contributed by atoms with Crippen LogP contribution < -0.4 is 10.7 Å². The molecule has 1 aromatic heterocycles. The number of aryl methyl sites for hydroxylation is 1. The minimum atomic E-state index is -0.315. The Labute approximate surface area is 134 Å². The van der Waals surface area contributed by atoms with Crippen LogP contribution in [-0.4, -0.2) is 23.0 Å². The van der Waals surface area contributed by atoms with Crippen molar-refractivity contribution in [1.82, 2.24) is 10.4 Å². The molecule has 2 aromatic rings. The van der Waals surface area contributed by atoms with Gasteiger partial charge in [0.1, 0.15) is 0 Å². The number of anilines is 1. The summed E-state index contributed by atoms with van der Waals surface area (Å²) in [7, 11) is 0. The summed E-state index contributed by atoms with van der Waals surface area (Å²) in [5.41, 5.74) is 4.95. The number of aromatic nitrogens is 1. The van der Waals surface area contributed by atoms with Crippen molar-refractivity contribution < 1.29 is 9.59 Å². The molecule has 1 aromatic carbocycles. The Hall–Kier alpha value is -3.02. The average Bonchev–Trinajstić information content (AvgIpc) is 2.54. The van der Waals surface area contributed by atoms with Crippen LogP contribution in [0.4, 0.5) is 5.69 Å². The molecular formula is C17H18N4O2. The van der Waals surface area contributed by atoms with E-state index in [2.05, 4.69) is 20.8 Å². The second-order valence-electron chi connectivity index (χ2n) is 5.00. The van der Waals surface area contributed by atoms with Gasteiger partial charge in [0.15, 0.2) is 0 Å². The van der Waals surface area contributed by atoms with Crippen molar-refractivity contribution >= 4 is 23.7 Å². The van der Waals surface area contributed by atoms with Crippen molar-refractivity contribution in [3.8, 4) is 0 Å². The van der Waals surface area contributed by atoms with Crippen LogP contribution in [0, 0.1) is 6.92 Å². The number of carbonyl (C=O) groups excluding carboxylic acids is 2. The van der Waals surface area contributed by atoms with Crippen LogP contribution in [-0.2, 0) is 9.59 Å². The molecule has 0 saturated heterocycles. The second-order valence-corrected chi connectivity index (χ2v) is 5.00. The van der Waals surface area contributed by atoms with Gasteiger partial charge in [-0.05, 0) is 30.7 Å². The van der Waals surface area contributed by atoms with Gasteiger partial charge in [-0.2, -0.15) is 5.10 Å². The molecule has 1 heterocycles. The van der Waals surface area contributed by atoms with Gasteiger partial charge in [-0.25, -0.2) is 5.43 Å². The summed E-state index contributed by atoms with van der Waals surface area (Å²) in [5.74, 6) is -0.522. The number of pyridine rings is 1. The fourth-order valence-electron chi connectivity index (χ4n) is 1.86. The van der Waals surface area contributed by atoms with Gasteiger partial charge in [0.2, 0.25) is 11.8 Å². The molecule has 6 heteroatoms. The number of hydrazone groups is 1. The zero-order valence-corrected chi connectivity index (χ0v) is 12.8. The van der Waals surface area contributed by atoms with Crippen LogP contribution >= 0.6 is 0 Å². The lowest BCUT2D eigenvalue weighted by molar-refractivity contribution is -0.124. The van der Waals surface area contributed by atoms with Crippen LogP contribution in [0.15, 0.2) is 53.9 Å². The monoisotopic (exact) mass is 310 g/mol. The third-order valence-electron chi connectivity index (χ3n) is 2.97. The van der Waals surface area contributed by atoms with Gasteiger partial charge in [-0.1, -0.05) is 18.2 Å². The molecule has 6 nitrogen and oxygen atoms in total. The largest absolute Gasteiger partial charge is 0.326 e. The number of rotatable bonds is 6. The van der Waals surface area contributed by atoms with Gasteiger partial charge >= 0.3 is 0 Å². The Bertz CT molecular complexity index is 699. The third-order valence-corrected chi connectivity index (χ3v) is 2.97. The predicted molar refractivity (Wildman–Crippen MR) is 89.0 cm³/mol. The maximum Gasteiger partial charge on any atom is 0.240 e. The number of benzene rings is 1. The van der Waals surface area contributed by atoms with Crippen molar-refractivity contribution in [2.45, 2.75) is 19.8 Å². The van der Waals surface area contributed by atoms with Crippen molar-refractivity contribution in [2.75, 3.05) is 5.32 Å². The Morgan fingerprint density at radius 3 is 2.74 bits per heavy atom. The summed E-state index contributed by atoms with van der Waals surface area (Å²) in [6.45, 7) is 1.95. The van der Waals surface area contributed by atoms with Gasteiger partial charge < -0.3 is 5.32 Å². The highest BCUT2D eigenvalue weighted by molar-refractivity contribution is 5.93. The maximum atomic E-state index is 11.8. The number of hydrogen-bond acceptors (Lipinski definition) is 4. The molecule has 2 amide bonds. The molecule has 2 N–H and O–H groups in total. The van der Waals surface area contributed by atoms with E-state index in [0.717, 1.165) is 16.8 Å². The summed E-state index contributed by atoms with van der Waals surface area (Å²) in [5, 5.41) is 6.57. The number of amides is 2. The van der Waals surface area contributed by atoms with Gasteiger partial charge in [0.05, 0.1) is 6.21 Å². The molecule has 2 rings (SSSR count). The van der Waals surface area contributed by atoms with Crippen LogP contribution in [0.1, 0.15) is 24.0 Å². The van der Waals surface area contributed by atoms with Gasteiger partial charge in [-0.3, -0.25) is 14.6 Å². The molecule has 0 aliphatic heterocycles. The molecule has 0 bridgehead atoms. The molecule has 0 aliphatic carbocycles. The first-order valence-electron chi connectivity index (χ1n) is 7.22. The number of hydrogen-bond donors (Lipinski definition) is 2. The van der Waals surface area contributed by atoms with Crippen LogP contribution in [0.25, 0.3) is 0 Å². The maximum absolute atomic E-state index is 11.8. The summed E-state index contributed by atoms with van der Waals surface area (Å²) < 4.78 is 0.